The molecule has 0 spiro atoms. The van der Waals surface area contributed by atoms with Crippen LogP contribution in [0.3, 0.4) is 0 Å². The Morgan fingerprint density at radius 1 is 1.28 bits per heavy atom. The van der Waals surface area contributed by atoms with Crippen LogP contribution in [-0.4, -0.2) is 12.6 Å². The summed E-state index contributed by atoms with van der Waals surface area (Å²) in [6, 6.07) is 7.40. The van der Waals surface area contributed by atoms with Crippen LogP contribution in [0, 0.1) is 5.82 Å². The van der Waals surface area contributed by atoms with E-state index in [-0.39, 0.29) is 5.82 Å². The van der Waals surface area contributed by atoms with Crippen molar-refractivity contribution < 1.29 is 4.39 Å². The van der Waals surface area contributed by atoms with Crippen molar-refractivity contribution >= 4 is 0 Å². The predicted octanol–water partition coefficient (Wildman–Crippen LogP) is 3.85. The lowest BCUT2D eigenvalue weighted by atomic mass is 9.90. The minimum absolute atomic E-state index is 0.0863. The Bertz CT molecular complexity index is 411. The van der Waals surface area contributed by atoms with E-state index >= 15 is 0 Å². The second-order valence-corrected chi connectivity index (χ2v) is 4.93. The summed E-state index contributed by atoms with van der Waals surface area (Å²) in [5.74, 6) is -0.0863. The largest absolute Gasteiger partial charge is 0.310 e. The molecule has 0 fully saturated rings. The number of hydrogen-bond donors (Lipinski definition) is 1. The lowest BCUT2D eigenvalue weighted by molar-refractivity contribution is 0.525. The predicted molar refractivity (Wildman–Crippen MR) is 74.1 cm³/mol. The number of hydrogen-bond acceptors (Lipinski definition) is 1. The van der Waals surface area contributed by atoms with E-state index in [9.17, 15) is 4.39 Å². The van der Waals surface area contributed by atoms with Crippen LogP contribution < -0.4 is 5.32 Å². The molecule has 1 aliphatic carbocycles. The third kappa shape index (κ3) is 3.42. The van der Waals surface area contributed by atoms with Crippen molar-refractivity contribution in [3.63, 3.8) is 0 Å². The summed E-state index contributed by atoms with van der Waals surface area (Å²) in [6.07, 6.45) is 8.00. The molecule has 1 N–H and O–H groups in total. The van der Waals surface area contributed by atoms with E-state index in [4.69, 9.17) is 0 Å². The van der Waals surface area contributed by atoms with Gasteiger partial charge in [0.2, 0.25) is 0 Å². The van der Waals surface area contributed by atoms with Gasteiger partial charge in [-0.05, 0) is 50.3 Å². The molecule has 1 atom stereocenters. The smallest absolute Gasteiger partial charge is 0.126 e. The Hall–Kier alpha value is -1.15. The Balaban J connectivity index is 2.11. The van der Waals surface area contributed by atoms with E-state index in [0.29, 0.717) is 6.04 Å². The second-order valence-electron chi connectivity index (χ2n) is 4.93. The van der Waals surface area contributed by atoms with Gasteiger partial charge in [-0.2, -0.15) is 0 Å². The number of nitrogens with one attached hydrogen (secondary N) is 1. The average Bonchev–Trinajstić information content (AvgIpc) is 2.42. The number of benzene rings is 1. The van der Waals surface area contributed by atoms with E-state index in [1.54, 1.807) is 12.1 Å². The zero-order valence-corrected chi connectivity index (χ0v) is 11.1. The standard InChI is InChI=1S/C16H22FN/c1-2-18-16(13-8-4-3-5-9-13)12-14-10-6-7-11-15(14)17/h6-8,10-11,16,18H,2-5,9,12H2,1H3. The zero-order chi connectivity index (χ0) is 12.8. The van der Waals surface area contributed by atoms with Gasteiger partial charge in [0.05, 0.1) is 0 Å². The van der Waals surface area contributed by atoms with Crippen molar-refractivity contribution in [2.75, 3.05) is 6.54 Å². The van der Waals surface area contributed by atoms with Gasteiger partial charge in [-0.15, -0.1) is 0 Å². The van der Waals surface area contributed by atoms with Gasteiger partial charge in [-0.3, -0.25) is 0 Å². The first-order valence-electron chi connectivity index (χ1n) is 6.97. The Morgan fingerprint density at radius 2 is 2.11 bits per heavy atom. The van der Waals surface area contributed by atoms with Crippen LogP contribution in [0.2, 0.25) is 0 Å². The average molecular weight is 247 g/mol. The second kappa shape index (κ2) is 6.69. The molecule has 1 nitrogen and oxygen atoms in total. The van der Waals surface area contributed by atoms with Crippen molar-refractivity contribution in [1.29, 1.82) is 0 Å². The van der Waals surface area contributed by atoms with Gasteiger partial charge in [-0.25, -0.2) is 4.39 Å². The minimum atomic E-state index is -0.0863. The van der Waals surface area contributed by atoms with Crippen molar-refractivity contribution in [3.05, 3.63) is 47.3 Å². The summed E-state index contributed by atoms with van der Waals surface area (Å²) in [4.78, 5) is 0. The van der Waals surface area contributed by atoms with Gasteiger partial charge < -0.3 is 5.32 Å². The highest BCUT2D eigenvalue weighted by Gasteiger charge is 2.17. The number of rotatable bonds is 5. The molecule has 2 rings (SSSR count). The fourth-order valence-electron chi connectivity index (χ4n) is 2.64. The van der Waals surface area contributed by atoms with Crippen LogP contribution in [0.5, 0.6) is 0 Å². The number of halogens is 1. The van der Waals surface area contributed by atoms with Gasteiger partial charge in [-0.1, -0.05) is 36.8 Å². The maximum atomic E-state index is 13.7. The molecule has 0 aliphatic heterocycles. The van der Waals surface area contributed by atoms with E-state index < -0.39 is 0 Å². The lowest BCUT2D eigenvalue weighted by Crippen LogP contribution is -2.33. The van der Waals surface area contributed by atoms with Crippen molar-refractivity contribution in [1.82, 2.24) is 5.32 Å². The molecule has 0 saturated carbocycles. The Labute approximate surface area is 109 Å². The summed E-state index contributed by atoms with van der Waals surface area (Å²) in [7, 11) is 0. The zero-order valence-electron chi connectivity index (χ0n) is 11.1. The van der Waals surface area contributed by atoms with E-state index in [1.165, 1.54) is 24.8 Å². The Morgan fingerprint density at radius 3 is 2.78 bits per heavy atom. The van der Waals surface area contributed by atoms with E-state index in [2.05, 4.69) is 18.3 Å². The summed E-state index contributed by atoms with van der Waals surface area (Å²) in [5.41, 5.74) is 2.28. The van der Waals surface area contributed by atoms with Gasteiger partial charge >= 0.3 is 0 Å². The first-order chi connectivity index (χ1) is 8.81. The number of likely N-dealkylation sites (N-methyl/N-ethyl adjacent to an activating group) is 1. The molecule has 0 amide bonds. The van der Waals surface area contributed by atoms with Crippen LogP contribution in [0.4, 0.5) is 4.39 Å². The molecular weight excluding hydrogens is 225 g/mol. The highest BCUT2D eigenvalue weighted by Crippen LogP contribution is 2.23. The maximum Gasteiger partial charge on any atom is 0.126 e. The van der Waals surface area contributed by atoms with E-state index in [1.807, 2.05) is 12.1 Å². The highest BCUT2D eigenvalue weighted by atomic mass is 19.1. The summed E-state index contributed by atoms with van der Waals surface area (Å²) in [6.45, 7) is 3.04. The molecule has 0 saturated heterocycles. The van der Waals surface area contributed by atoms with Crippen LogP contribution in [0.15, 0.2) is 35.9 Å². The summed E-state index contributed by atoms with van der Waals surface area (Å²) < 4.78 is 13.7. The topological polar surface area (TPSA) is 12.0 Å². The summed E-state index contributed by atoms with van der Waals surface area (Å²) in [5, 5.41) is 3.49. The van der Waals surface area contributed by atoms with Crippen molar-refractivity contribution in [3.8, 4) is 0 Å². The van der Waals surface area contributed by atoms with Gasteiger partial charge in [0.25, 0.3) is 0 Å². The van der Waals surface area contributed by atoms with Crippen molar-refractivity contribution in [2.45, 2.75) is 45.1 Å². The number of allylic oxidation sites excluding steroid dienone is 1. The fourth-order valence-corrected chi connectivity index (χ4v) is 2.64. The molecule has 1 aromatic carbocycles. The fraction of sp³-hybridized carbons (Fsp3) is 0.500. The van der Waals surface area contributed by atoms with Crippen LogP contribution in [-0.2, 0) is 6.42 Å². The molecular formula is C16H22FN. The first kappa shape index (κ1) is 13.3. The third-order valence-corrected chi connectivity index (χ3v) is 3.61. The van der Waals surface area contributed by atoms with Crippen LogP contribution in [0.25, 0.3) is 0 Å². The molecule has 0 radical (unpaired) electrons. The van der Waals surface area contributed by atoms with Gasteiger partial charge in [0.15, 0.2) is 0 Å². The Kier molecular flexibility index (Phi) is 4.94. The van der Waals surface area contributed by atoms with Crippen molar-refractivity contribution in [2.24, 2.45) is 0 Å². The SMILES string of the molecule is CCNC(Cc1ccccc1F)C1=CCCCC1. The first-order valence-corrected chi connectivity index (χ1v) is 6.97. The minimum Gasteiger partial charge on any atom is -0.310 e. The van der Waals surface area contributed by atoms with E-state index in [0.717, 1.165) is 24.9 Å². The monoisotopic (exact) mass is 247 g/mol. The molecule has 0 bridgehead atoms. The van der Waals surface area contributed by atoms with Gasteiger partial charge in [0, 0.05) is 6.04 Å². The highest BCUT2D eigenvalue weighted by molar-refractivity contribution is 5.23. The molecule has 0 heterocycles. The molecule has 0 aromatic heterocycles. The quantitative estimate of drug-likeness (QED) is 0.779. The van der Waals surface area contributed by atoms with Crippen LogP contribution >= 0.6 is 0 Å². The molecule has 18 heavy (non-hydrogen) atoms. The lowest BCUT2D eigenvalue weighted by Gasteiger charge is -2.24. The summed E-state index contributed by atoms with van der Waals surface area (Å²) >= 11 is 0. The molecule has 2 heteroatoms. The molecule has 1 unspecified atom stereocenters. The molecule has 1 aliphatic rings. The maximum absolute atomic E-state index is 13.7. The third-order valence-electron chi connectivity index (χ3n) is 3.61. The van der Waals surface area contributed by atoms with Crippen LogP contribution in [0.1, 0.15) is 38.2 Å². The normalized spacial score (nSPS) is 17.3. The molecule has 1 aromatic rings. The molecule has 98 valence electrons. The van der Waals surface area contributed by atoms with Gasteiger partial charge in [0.1, 0.15) is 5.82 Å².